The number of ether oxygens (including phenoxy) is 1. The number of carbonyl (C=O) groups excluding carboxylic acids is 2. The summed E-state index contributed by atoms with van der Waals surface area (Å²) in [6.45, 7) is 7.61. The largest absolute Gasteiger partial charge is 0.378 e. The Kier molecular flexibility index (Phi) is 3.23. The Bertz CT molecular complexity index is 325. The first-order valence-corrected chi connectivity index (χ1v) is 6.13. The third kappa shape index (κ3) is 2.21. The van der Waals surface area contributed by atoms with E-state index in [2.05, 4.69) is 19.2 Å². The molecule has 1 heterocycles. The molecule has 5 nitrogen and oxygen atoms in total. The van der Waals surface area contributed by atoms with Crippen molar-refractivity contribution in [3.63, 3.8) is 0 Å². The maximum absolute atomic E-state index is 11.3. The monoisotopic (exact) mass is 240 g/mol. The molecule has 2 rings (SSSR count). The maximum atomic E-state index is 11.3. The first-order valence-electron chi connectivity index (χ1n) is 6.13. The van der Waals surface area contributed by atoms with Gasteiger partial charge in [-0.25, -0.2) is 0 Å². The third-order valence-corrected chi connectivity index (χ3v) is 3.91. The van der Waals surface area contributed by atoms with E-state index in [4.69, 9.17) is 4.74 Å². The zero-order chi connectivity index (χ0) is 12.6. The molecule has 1 aliphatic carbocycles. The highest BCUT2D eigenvalue weighted by atomic mass is 16.5. The van der Waals surface area contributed by atoms with E-state index in [1.165, 1.54) is 0 Å². The second-order valence-corrected chi connectivity index (χ2v) is 5.39. The van der Waals surface area contributed by atoms with Gasteiger partial charge in [-0.2, -0.15) is 0 Å². The van der Waals surface area contributed by atoms with Crippen LogP contribution in [0, 0.1) is 5.41 Å². The van der Waals surface area contributed by atoms with E-state index in [-0.39, 0.29) is 29.4 Å². The highest BCUT2D eigenvalue weighted by molar-refractivity contribution is 5.99. The van der Waals surface area contributed by atoms with Crippen molar-refractivity contribution in [1.82, 2.24) is 10.2 Å². The minimum absolute atomic E-state index is 0.00785. The SMILES string of the molecule is CCOC1CC(N2CC(=O)NC(=O)C2)C1(C)C. The highest BCUT2D eigenvalue weighted by Gasteiger charge is 2.52. The van der Waals surface area contributed by atoms with Crippen molar-refractivity contribution >= 4 is 11.8 Å². The fourth-order valence-electron chi connectivity index (χ4n) is 2.85. The number of carbonyl (C=O) groups is 2. The van der Waals surface area contributed by atoms with Gasteiger partial charge in [0, 0.05) is 18.1 Å². The first-order chi connectivity index (χ1) is 7.95. The topological polar surface area (TPSA) is 58.6 Å². The Morgan fingerprint density at radius 3 is 2.41 bits per heavy atom. The highest BCUT2D eigenvalue weighted by Crippen LogP contribution is 2.45. The number of imide groups is 1. The van der Waals surface area contributed by atoms with E-state index >= 15 is 0 Å². The molecule has 5 heteroatoms. The fourth-order valence-corrected chi connectivity index (χ4v) is 2.85. The van der Waals surface area contributed by atoms with Crippen LogP contribution in [0.5, 0.6) is 0 Å². The fraction of sp³-hybridized carbons (Fsp3) is 0.833. The molecule has 2 fully saturated rings. The Labute approximate surface area is 101 Å². The number of piperazine rings is 1. The molecule has 2 amide bonds. The zero-order valence-electron chi connectivity index (χ0n) is 10.7. The van der Waals surface area contributed by atoms with Crippen molar-refractivity contribution in [3.05, 3.63) is 0 Å². The molecular formula is C12H20N2O3. The van der Waals surface area contributed by atoms with E-state index < -0.39 is 0 Å². The van der Waals surface area contributed by atoms with Gasteiger partial charge in [-0.15, -0.1) is 0 Å². The predicted octanol–water partition coefficient (Wildman–Crippen LogP) is 0.148. The summed E-state index contributed by atoms with van der Waals surface area (Å²) in [5, 5.41) is 2.33. The van der Waals surface area contributed by atoms with Gasteiger partial charge in [0.05, 0.1) is 19.2 Å². The lowest BCUT2D eigenvalue weighted by Gasteiger charge is -2.56. The van der Waals surface area contributed by atoms with Gasteiger partial charge in [-0.3, -0.25) is 19.8 Å². The summed E-state index contributed by atoms with van der Waals surface area (Å²) in [6, 6.07) is 0.258. The van der Waals surface area contributed by atoms with Crippen LogP contribution >= 0.6 is 0 Å². The third-order valence-electron chi connectivity index (χ3n) is 3.91. The van der Waals surface area contributed by atoms with Gasteiger partial charge in [0.2, 0.25) is 11.8 Å². The van der Waals surface area contributed by atoms with E-state index in [0.717, 1.165) is 6.42 Å². The van der Waals surface area contributed by atoms with Gasteiger partial charge >= 0.3 is 0 Å². The molecule has 2 aliphatic rings. The molecule has 1 N–H and O–H groups in total. The molecule has 0 radical (unpaired) electrons. The van der Waals surface area contributed by atoms with Crippen LogP contribution in [-0.2, 0) is 14.3 Å². The number of nitrogens with zero attached hydrogens (tertiary/aromatic N) is 1. The number of nitrogens with one attached hydrogen (secondary N) is 1. The molecule has 0 aromatic carbocycles. The molecule has 1 saturated heterocycles. The number of hydrogen-bond acceptors (Lipinski definition) is 4. The summed E-state index contributed by atoms with van der Waals surface area (Å²) in [7, 11) is 0. The standard InChI is InChI=1S/C12H20N2O3/c1-4-17-9-5-8(12(9,2)3)14-6-10(15)13-11(16)7-14/h8-9H,4-7H2,1-3H3,(H,13,15,16). The van der Waals surface area contributed by atoms with Crippen molar-refractivity contribution in [2.75, 3.05) is 19.7 Å². The van der Waals surface area contributed by atoms with E-state index in [1.807, 2.05) is 11.8 Å². The Morgan fingerprint density at radius 1 is 1.35 bits per heavy atom. The minimum atomic E-state index is -0.197. The minimum Gasteiger partial charge on any atom is -0.378 e. The second-order valence-electron chi connectivity index (χ2n) is 5.39. The molecule has 0 aromatic heterocycles. The molecule has 1 saturated carbocycles. The van der Waals surface area contributed by atoms with Gasteiger partial charge in [0.25, 0.3) is 0 Å². The zero-order valence-corrected chi connectivity index (χ0v) is 10.7. The Hall–Kier alpha value is -0.940. The molecule has 0 bridgehead atoms. The number of hydrogen-bond donors (Lipinski definition) is 1. The quantitative estimate of drug-likeness (QED) is 0.713. The summed E-state index contributed by atoms with van der Waals surface area (Å²) in [5.41, 5.74) is 0.00785. The molecule has 2 unspecified atom stereocenters. The summed E-state index contributed by atoms with van der Waals surface area (Å²) in [5.74, 6) is -0.395. The smallest absolute Gasteiger partial charge is 0.240 e. The summed E-state index contributed by atoms with van der Waals surface area (Å²) in [4.78, 5) is 24.7. The van der Waals surface area contributed by atoms with Gasteiger partial charge in [0.15, 0.2) is 0 Å². The summed E-state index contributed by atoms with van der Waals surface area (Å²) < 4.78 is 5.66. The Morgan fingerprint density at radius 2 is 1.94 bits per heavy atom. The van der Waals surface area contributed by atoms with Crippen molar-refractivity contribution in [2.45, 2.75) is 39.3 Å². The lowest BCUT2D eigenvalue weighted by atomic mass is 9.63. The van der Waals surface area contributed by atoms with E-state index in [1.54, 1.807) is 0 Å². The second kappa shape index (κ2) is 4.38. The van der Waals surface area contributed by atoms with Gasteiger partial charge in [-0.1, -0.05) is 13.8 Å². The normalized spacial score (nSPS) is 33.1. The lowest BCUT2D eigenvalue weighted by Crippen LogP contribution is -2.66. The van der Waals surface area contributed by atoms with Crippen molar-refractivity contribution < 1.29 is 14.3 Å². The van der Waals surface area contributed by atoms with Crippen LogP contribution in [0.3, 0.4) is 0 Å². The van der Waals surface area contributed by atoms with Crippen molar-refractivity contribution in [1.29, 1.82) is 0 Å². The molecular weight excluding hydrogens is 220 g/mol. The number of rotatable bonds is 3. The van der Waals surface area contributed by atoms with Crippen LogP contribution in [0.2, 0.25) is 0 Å². The van der Waals surface area contributed by atoms with Crippen LogP contribution in [-0.4, -0.2) is 48.6 Å². The molecule has 0 spiro atoms. The van der Waals surface area contributed by atoms with Crippen LogP contribution in [0.4, 0.5) is 0 Å². The van der Waals surface area contributed by atoms with E-state index in [9.17, 15) is 9.59 Å². The predicted molar refractivity (Wildman–Crippen MR) is 62.3 cm³/mol. The first kappa shape index (κ1) is 12.5. The summed E-state index contributed by atoms with van der Waals surface area (Å²) in [6.07, 6.45) is 1.14. The van der Waals surface area contributed by atoms with Crippen LogP contribution < -0.4 is 5.32 Å². The van der Waals surface area contributed by atoms with E-state index in [0.29, 0.717) is 19.7 Å². The maximum Gasteiger partial charge on any atom is 0.240 e. The molecule has 0 aromatic rings. The summed E-state index contributed by atoms with van der Waals surface area (Å²) >= 11 is 0. The lowest BCUT2D eigenvalue weighted by molar-refractivity contribution is -0.163. The van der Waals surface area contributed by atoms with Crippen molar-refractivity contribution in [2.24, 2.45) is 5.41 Å². The van der Waals surface area contributed by atoms with Crippen molar-refractivity contribution in [3.8, 4) is 0 Å². The number of amides is 2. The van der Waals surface area contributed by atoms with Crippen LogP contribution in [0.1, 0.15) is 27.2 Å². The van der Waals surface area contributed by atoms with Crippen LogP contribution in [0.25, 0.3) is 0 Å². The average Bonchev–Trinajstić information content (AvgIpc) is 2.22. The molecule has 96 valence electrons. The molecule has 17 heavy (non-hydrogen) atoms. The average molecular weight is 240 g/mol. The van der Waals surface area contributed by atoms with Gasteiger partial charge < -0.3 is 4.74 Å². The van der Waals surface area contributed by atoms with Gasteiger partial charge in [0.1, 0.15) is 0 Å². The molecule has 1 aliphatic heterocycles. The Balaban J connectivity index is 2.00. The molecule has 2 atom stereocenters. The van der Waals surface area contributed by atoms with Gasteiger partial charge in [-0.05, 0) is 13.3 Å². The van der Waals surface area contributed by atoms with Crippen LogP contribution in [0.15, 0.2) is 0 Å².